The molecular weight excluding hydrogens is 372 g/mol. The fraction of sp³-hybridized carbons (Fsp3) is 0.261. The van der Waals surface area contributed by atoms with Gasteiger partial charge in [0.2, 0.25) is 5.78 Å². The van der Waals surface area contributed by atoms with Crippen LogP contribution < -0.4 is 0 Å². The van der Waals surface area contributed by atoms with Crippen LogP contribution in [0.2, 0.25) is 0 Å². The Morgan fingerprint density at radius 1 is 0.964 bits per heavy atom. The highest BCUT2D eigenvalue weighted by Crippen LogP contribution is 2.41. The van der Waals surface area contributed by atoms with Crippen LogP contribution in [0.5, 0.6) is 5.75 Å². The van der Waals surface area contributed by atoms with E-state index in [-0.39, 0.29) is 11.3 Å². The van der Waals surface area contributed by atoms with E-state index in [1.165, 1.54) is 23.9 Å². The predicted molar refractivity (Wildman–Crippen MR) is 108 cm³/mol. The molecule has 0 amide bonds. The summed E-state index contributed by atoms with van der Waals surface area (Å²) >= 11 is 1.24. The van der Waals surface area contributed by atoms with Crippen LogP contribution in [0.25, 0.3) is 0 Å². The molecule has 4 nitrogen and oxygen atoms in total. The molecule has 0 radical (unpaired) electrons. The zero-order valence-corrected chi connectivity index (χ0v) is 16.1. The van der Waals surface area contributed by atoms with E-state index in [2.05, 4.69) is 11.2 Å². The molecule has 1 saturated carbocycles. The standard InChI is InChI=1S/C23H20O4S/c24-19-11-5-4-10-18(19)20(25)16-22(27)23(13-6-7-14-23)21(26)12-15-28-17-8-2-1-3-9-17/h1-5,8-11,24H,6-7,13-14,16H2. The smallest absolute Gasteiger partial charge is 0.219 e. The fourth-order valence-electron chi connectivity index (χ4n) is 3.47. The number of carbonyl (C=O) groups is 3. The van der Waals surface area contributed by atoms with Crippen molar-refractivity contribution in [2.75, 3.05) is 0 Å². The second-order valence-electron chi connectivity index (χ2n) is 6.80. The molecule has 0 aromatic heterocycles. The van der Waals surface area contributed by atoms with Gasteiger partial charge < -0.3 is 5.11 Å². The Balaban J connectivity index is 1.74. The van der Waals surface area contributed by atoms with Gasteiger partial charge in [0.1, 0.15) is 11.2 Å². The van der Waals surface area contributed by atoms with Gasteiger partial charge in [0.15, 0.2) is 11.6 Å². The Hall–Kier alpha value is -2.84. The number of thioether (sulfide) groups is 1. The molecule has 0 saturated heterocycles. The minimum Gasteiger partial charge on any atom is -0.507 e. The molecule has 3 rings (SSSR count). The predicted octanol–water partition coefficient (Wildman–Crippen LogP) is 4.42. The third-order valence-electron chi connectivity index (χ3n) is 5.03. The summed E-state index contributed by atoms with van der Waals surface area (Å²) in [5, 5.41) is 12.6. The Bertz CT molecular complexity index is 947. The summed E-state index contributed by atoms with van der Waals surface area (Å²) in [6, 6.07) is 15.6. The van der Waals surface area contributed by atoms with Gasteiger partial charge >= 0.3 is 0 Å². The molecule has 2 aromatic rings. The van der Waals surface area contributed by atoms with Crippen LogP contribution in [0.15, 0.2) is 59.5 Å². The van der Waals surface area contributed by atoms with Crippen LogP contribution in [-0.2, 0) is 9.59 Å². The van der Waals surface area contributed by atoms with Crippen molar-refractivity contribution in [3.63, 3.8) is 0 Å². The van der Waals surface area contributed by atoms with Crippen molar-refractivity contribution in [3.8, 4) is 16.9 Å². The molecule has 0 spiro atoms. The van der Waals surface area contributed by atoms with Crippen molar-refractivity contribution in [2.45, 2.75) is 37.0 Å². The van der Waals surface area contributed by atoms with Gasteiger partial charge in [0, 0.05) is 4.90 Å². The molecule has 1 fully saturated rings. The second kappa shape index (κ2) is 8.90. The molecule has 0 aliphatic heterocycles. The first kappa shape index (κ1) is 19.9. The van der Waals surface area contributed by atoms with Gasteiger partial charge in [-0.1, -0.05) is 43.2 Å². The molecule has 1 aliphatic carbocycles. The minimum atomic E-state index is -1.20. The number of hydrogen-bond acceptors (Lipinski definition) is 5. The summed E-state index contributed by atoms with van der Waals surface area (Å²) in [4.78, 5) is 39.1. The number of Topliss-reactive ketones (excluding diaryl/α,β-unsaturated/α-hetero) is 3. The highest BCUT2D eigenvalue weighted by molar-refractivity contribution is 8.04. The highest BCUT2D eigenvalue weighted by atomic mass is 32.2. The van der Waals surface area contributed by atoms with Crippen molar-refractivity contribution in [1.29, 1.82) is 0 Å². The van der Waals surface area contributed by atoms with Crippen LogP contribution >= 0.6 is 11.8 Å². The number of hydrogen-bond donors (Lipinski definition) is 1. The highest BCUT2D eigenvalue weighted by Gasteiger charge is 2.47. The second-order valence-corrected chi connectivity index (χ2v) is 7.68. The van der Waals surface area contributed by atoms with Crippen molar-refractivity contribution in [2.24, 2.45) is 5.41 Å². The number of benzene rings is 2. The molecule has 0 heterocycles. The number of phenols is 1. The summed E-state index contributed by atoms with van der Waals surface area (Å²) in [5.74, 6) is 1.16. The number of carbonyl (C=O) groups excluding carboxylic acids is 3. The first-order valence-electron chi connectivity index (χ1n) is 9.15. The zero-order chi connectivity index (χ0) is 20.0. The molecule has 28 heavy (non-hydrogen) atoms. The van der Waals surface area contributed by atoms with Crippen LogP contribution in [0.4, 0.5) is 0 Å². The molecule has 0 unspecified atom stereocenters. The Morgan fingerprint density at radius 3 is 2.29 bits per heavy atom. The topological polar surface area (TPSA) is 71.4 Å². The lowest BCUT2D eigenvalue weighted by molar-refractivity contribution is -0.136. The summed E-state index contributed by atoms with van der Waals surface area (Å²) in [5.41, 5.74) is -1.10. The van der Waals surface area contributed by atoms with Gasteiger partial charge in [-0.25, -0.2) is 0 Å². The summed E-state index contributed by atoms with van der Waals surface area (Å²) in [6.45, 7) is 0. The quantitative estimate of drug-likeness (QED) is 0.341. The maximum Gasteiger partial charge on any atom is 0.219 e. The average molecular weight is 392 g/mol. The lowest BCUT2D eigenvalue weighted by Gasteiger charge is -2.22. The van der Waals surface area contributed by atoms with E-state index >= 15 is 0 Å². The summed E-state index contributed by atoms with van der Waals surface area (Å²) in [6.07, 6.45) is 1.95. The number of para-hydroxylation sites is 1. The van der Waals surface area contributed by atoms with Gasteiger partial charge in [-0.2, -0.15) is 0 Å². The van der Waals surface area contributed by atoms with Crippen LogP contribution in [0.1, 0.15) is 42.5 Å². The van der Waals surface area contributed by atoms with Gasteiger partial charge in [-0.05, 0) is 60.0 Å². The summed E-state index contributed by atoms with van der Waals surface area (Å²) < 4.78 is 0. The minimum absolute atomic E-state index is 0.0992. The number of aromatic hydroxyl groups is 1. The van der Waals surface area contributed by atoms with E-state index in [4.69, 9.17) is 0 Å². The maximum absolute atomic E-state index is 12.9. The zero-order valence-electron chi connectivity index (χ0n) is 15.3. The van der Waals surface area contributed by atoms with Crippen LogP contribution in [0.3, 0.4) is 0 Å². The molecule has 5 heteroatoms. The Labute approximate surface area is 168 Å². The van der Waals surface area contributed by atoms with Gasteiger partial charge in [0.25, 0.3) is 0 Å². The van der Waals surface area contributed by atoms with Gasteiger partial charge in [0.05, 0.1) is 12.0 Å². The van der Waals surface area contributed by atoms with Crippen LogP contribution in [-0.4, -0.2) is 22.5 Å². The molecule has 0 bridgehead atoms. The van der Waals surface area contributed by atoms with E-state index in [9.17, 15) is 19.5 Å². The third kappa shape index (κ3) is 4.35. The monoisotopic (exact) mass is 392 g/mol. The molecule has 1 N–H and O–H groups in total. The Kier molecular flexibility index (Phi) is 6.33. The van der Waals surface area contributed by atoms with E-state index in [0.29, 0.717) is 12.8 Å². The lowest BCUT2D eigenvalue weighted by atomic mass is 9.75. The Morgan fingerprint density at radius 2 is 1.61 bits per heavy atom. The molecule has 2 aromatic carbocycles. The number of rotatable bonds is 6. The average Bonchev–Trinajstić information content (AvgIpc) is 3.20. The molecule has 1 aliphatic rings. The lowest BCUT2D eigenvalue weighted by Crippen LogP contribution is -2.37. The fourth-order valence-corrected chi connectivity index (χ4v) is 4.02. The molecule has 142 valence electrons. The first-order chi connectivity index (χ1) is 13.5. The van der Waals surface area contributed by atoms with E-state index in [1.54, 1.807) is 12.1 Å². The van der Waals surface area contributed by atoms with E-state index in [0.717, 1.165) is 17.7 Å². The normalized spacial score (nSPS) is 14.7. The van der Waals surface area contributed by atoms with E-state index < -0.39 is 29.2 Å². The molecular formula is C23H20O4S. The van der Waals surface area contributed by atoms with Crippen molar-refractivity contribution < 1.29 is 19.5 Å². The van der Waals surface area contributed by atoms with Crippen molar-refractivity contribution in [3.05, 3.63) is 60.2 Å². The maximum atomic E-state index is 12.9. The SMILES string of the molecule is O=C(CC(=O)C1(C(=O)C#CSc2ccccc2)CCCC1)c1ccccc1O. The third-order valence-corrected chi connectivity index (χ3v) is 5.74. The summed E-state index contributed by atoms with van der Waals surface area (Å²) in [7, 11) is 0. The van der Waals surface area contributed by atoms with E-state index in [1.807, 2.05) is 30.3 Å². The van der Waals surface area contributed by atoms with Crippen molar-refractivity contribution in [1.82, 2.24) is 0 Å². The largest absolute Gasteiger partial charge is 0.507 e. The van der Waals surface area contributed by atoms with Crippen molar-refractivity contribution >= 4 is 29.1 Å². The van der Waals surface area contributed by atoms with Gasteiger partial charge in [-0.15, -0.1) is 0 Å². The first-order valence-corrected chi connectivity index (χ1v) is 9.96. The van der Waals surface area contributed by atoms with Crippen LogP contribution in [0, 0.1) is 16.6 Å². The number of phenolic OH excluding ortho intramolecular Hbond substituents is 1. The van der Waals surface area contributed by atoms with Gasteiger partial charge in [-0.3, -0.25) is 14.4 Å². The number of ketones is 3. The molecule has 0 atom stereocenters.